The second-order valence-corrected chi connectivity index (χ2v) is 3.25. The van der Waals surface area contributed by atoms with E-state index in [-0.39, 0.29) is 12.4 Å². The maximum absolute atomic E-state index is 11.4. The number of ether oxygens (including phenoxy) is 1. The van der Waals surface area contributed by atoms with Gasteiger partial charge in [0.05, 0.1) is 25.1 Å². The molecule has 1 heterocycles. The summed E-state index contributed by atoms with van der Waals surface area (Å²) in [4.78, 5) is 15.1. The van der Waals surface area contributed by atoms with E-state index < -0.39 is 11.8 Å². The lowest BCUT2D eigenvalue weighted by atomic mass is 10.4. The molecular formula is C9H13ClN2O3. The SMILES string of the molecule is CCOc1ccn(CC(O)CCl)c(=O)n1. The predicted octanol–water partition coefficient (Wildman–Crippen LogP) is 0.242. The Labute approximate surface area is 92.3 Å². The van der Waals surface area contributed by atoms with Crippen LogP contribution in [-0.4, -0.2) is 33.2 Å². The van der Waals surface area contributed by atoms with Gasteiger partial charge in [0.25, 0.3) is 0 Å². The standard InChI is InChI=1S/C9H13ClN2O3/c1-2-15-8-3-4-12(9(14)11-8)6-7(13)5-10/h3-4,7,13H,2,5-6H2,1H3. The van der Waals surface area contributed by atoms with Crippen molar-refractivity contribution < 1.29 is 9.84 Å². The zero-order valence-electron chi connectivity index (χ0n) is 8.39. The lowest BCUT2D eigenvalue weighted by Gasteiger charge is -2.09. The van der Waals surface area contributed by atoms with Crippen molar-refractivity contribution in [1.82, 2.24) is 9.55 Å². The van der Waals surface area contributed by atoms with Crippen molar-refractivity contribution in [2.24, 2.45) is 0 Å². The van der Waals surface area contributed by atoms with Gasteiger partial charge in [0.2, 0.25) is 5.88 Å². The van der Waals surface area contributed by atoms with Gasteiger partial charge in [-0.1, -0.05) is 0 Å². The third-order valence-corrected chi connectivity index (χ3v) is 2.08. The average Bonchev–Trinajstić information content (AvgIpc) is 2.22. The number of rotatable bonds is 5. The third kappa shape index (κ3) is 3.53. The Morgan fingerprint density at radius 1 is 1.73 bits per heavy atom. The minimum absolute atomic E-state index is 0.0830. The van der Waals surface area contributed by atoms with Gasteiger partial charge in [0.15, 0.2) is 0 Å². The molecule has 84 valence electrons. The van der Waals surface area contributed by atoms with Gasteiger partial charge in [-0.25, -0.2) is 4.79 Å². The fourth-order valence-corrected chi connectivity index (χ4v) is 1.15. The van der Waals surface area contributed by atoms with Crippen molar-refractivity contribution in [2.45, 2.75) is 19.6 Å². The summed E-state index contributed by atoms with van der Waals surface area (Å²) in [5, 5.41) is 9.26. The van der Waals surface area contributed by atoms with Crippen LogP contribution in [0.3, 0.4) is 0 Å². The molecule has 15 heavy (non-hydrogen) atoms. The summed E-state index contributed by atoms with van der Waals surface area (Å²) >= 11 is 5.42. The Bertz CT molecular complexity index is 367. The molecule has 0 amide bonds. The maximum Gasteiger partial charge on any atom is 0.350 e. The highest BCUT2D eigenvalue weighted by Gasteiger charge is 2.06. The number of alkyl halides is 1. The van der Waals surface area contributed by atoms with Gasteiger partial charge in [0, 0.05) is 12.3 Å². The van der Waals surface area contributed by atoms with Crippen molar-refractivity contribution in [1.29, 1.82) is 0 Å². The number of aliphatic hydroxyl groups is 1. The first-order chi connectivity index (χ1) is 7.17. The molecule has 1 unspecified atom stereocenters. The number of hydrogen-bond donors (Lipinski definition) is 1. The largest absolute Gasteiger partial charge is 0.478 e. The number of halogens is 1. The molecule has 0 aromatic carbocycles. The van der Waals surface area contributed by atoms with Gasteiger partial charge in [-0.05, 0) is 6.92 Å². The van der Waals surface area contributed by atoms with Crippen LogP contribution in [0.5, 0.6) is 5.88 Å². The molecule has 0 spiro atoms. The van der Waals surface area contributed by atoms with E-state index >= 15 is 0 Å². The van der Waals surface area contributed by atoms with Gasteiger partial charge in [-0.3, -0.25) is 4.57 Å². The zero-order valence-corrected chi connectivity index (χ0v) is 9.15. The summed E-state index contributed by atoms with van der Waals surface area (Å²) in [7, 11) is 0. The highest BCUT2D eigenvalue weighted by molar-refractivity contribution is 6.18. The second-order valence-electron chi connectivity index (χ2n) is 2.94. The summed E-state index contributed by atoms with van der Waals surface area (Å²) in [5.74, 6) is 0.374. The zero-order chi connectivity index (χ0) is 11.3. The molecule has 0 bridgehead atoms. The first kappa shape index (κ1) is 12.0. The van der Waals surface area contributed by atoms with Crippen molar-refractivity contribution in [3.63, 3.8) is 0 Å². The molecule has 1 aromatic rings. The van der Waals surface area contributed by atoms with Gasteiger partial charge in [-0.2, -0.15) is 4.98 Å². The van der Waals surface area contributed by atoms with Gasteiger partial charge in [-0.15, -0.1) is 11.6 Å². The topological polar surface area (TPSA) is 64.3 Å². The minimum Gasteiger partial charge on any atom is -0.478 e. The molecule has 1 aromatic heterocycles. The molecule has 6 heteroatoms. The lowest BCUT2D eigenvalue weighted by Crippen LogP contribution is -2.28. The van der Waals surface area contributed by atoms with Gasteiger partial charge < -0.3 is 9.84 Å². The number of nitrogens with zero attached hydrogens (tertiary/aromatic N) is 2. The number of hydrogen-bond acceptors (Lipinski definition) is 4. The van der Waals surface area contributed by atoms with E-state index in [1.807, 2.05) is 6.92 Å². The number of aliphatic hydroxyl groups excluding tert-OH is 1. The van der Waals surface area contributed by atoms with E-state index in [9.17, 15) is 9.90 Å². The summed E-state index contributed by atoms with van der Waals surface area (Å²) in [6, 6.07) is 1.58. The van der Waals surface area contributed by atoms with Crippen molar-refractivity contribution in [2.75, 3.05) is 12.5 Å². The first-order valence-electron chi connectivity index (χ1n) is 4.61. The van der Waals surface area contributed by atoms with Crippen LogP contribution in [-0.2, 0) is 6.54 Å². The van der Waals surface area contributed by atoms with Crippen molar-refractivity contribution >= 4 is 11.6 Å². The normalized spacial score (nSPS) is 12.5. The minimum atomic E-state index is -0.746. The molecule has 0 aliphatic heterocycles. The van der Waals surface area contributed by atoms with Crippen LogP contribution in [0.4, 0.5) is 0 Å². The molecule has 0 saturated carbocycles. The Hall–Kier alpha value is -1.07. The molecule has 1 rings (SSSR count). The lowest BCUT2D eigenvalue weighted by molar-refractivity contribution is 0.174. The quantitative estimate of drug-likeness (QED) is 0.739. The van der Waals surface area contributed by atoms with Crippen LogP contribution in [0.15, 0.2) is 17.1 Å². The second kappa shape index (κ2) is 5.72. The molecule has 1 N–H and O–H groups in total. The molecule has 0 fully saturated rings. The van der Waals surface area contributed by atoms with E-state index in [1.165, 1.54) is 10.8 Å². The smallest absolute Gasteiger partial charge is 0.350 e. The molecule has 5 nitrogen and oxygen atoms in total. The highest BCUT2D eigenvalue weighted by atomic mass is 35.5. The molecule has 1 atom stereocenters. The maximum atomic E-state index is 11.4. The summed E-state index contributed by atoms with van der Waals surface area (Å²) in [6.45, 7) is 2.41. The van der Waals surface area contributed by atoms with Crippen LogP contribution < -0.4 is 10.4 Å². The van der Waals surface area contributed by atoms with Crippen LogP contribution in [0, 0.1) is 0 Å². The van der Waals surface area contributed by atoms with E-state index in [4.69, 9.17) is 16.3 Å². The van der Waals surface area contributed by atoms with Crippen molar-refractivity contribution in [3.05, 3.63) is 22.7 Å². The highest BCUT2D eigenvalue weighted by Crippen LogP contribution is 2.01. The van der Waals surface area contributed by atoms with Crippen LogP contribution in [0.25, 0.3) is 0 Å². The third-order valence-electron chi connectivity index (χ3n) is 1.73. The molecule has 0 aliphatic rings. The molecule has 0 saturated heterocycles. The Morgan fingerprint density at radius 3 is 3.00 bits per heavy atom. The van der Waals surface area contributed by atoms with Crippen LogP contribution >= 0.6 is 11.6 Å². The monoisotopic (exact) mass is 232 g/mol. The van der Waals surface area contributed by atoms with Crippen LogP contribution in [0.2, 0.25) is 0 Å². The fourth-order valence-electron chi connectivity index (χ4n) is 1.06. The average molecular weight is 233 g/mol. The molecule has 0 aliphatic carbocycles. The van der Waals surface area contributed by atoms with Gasteiger partial charge in [0.1, 0.15) is 0 Å². The predicted molar refractivity (Wildman–Crippen MR) is 56.4 cm³/mol. The molecular weight excluding hydrogens is 220 g/mol. The Kier molecular flexibility index (Phi) is 4.58. The van der Waals surface area contributed by atoms with E-state index in [2.05, 4.69) is 4.98 Å². The number of aromatic nitrogens is 2. The van der Waals surface area contributed by atoms with Crippen LogP contribution in [0.1, 0.15) is 6.92 Å². The fraction of sp³-hybridized carbons (Fsp3) is 0.556. The molecule has 0 radical (unpaired) electrons. The Balaban J connectivity index is 2.79. The first-order valence-corrected chi connectivity index (χ1v) is 5.15. The Morgan fingerprint density at radius 2 is 2.47 bits per heavy atom. The van der Waals surface area contributed by atoms with E-state index in [0.717, 1.165) is 0 Å². The van der Waals surface area contributed by atoms with Gasteiger partial charge >= 0.3 is 5.69 Å². The summed E-state index contributed by atoms with van der Waals surface area (Å²) in [5.41, 5.74) is -0.454. The van der Waals surface area contributed by atoms with Crippen molar-refractivity contribution in [3.8, 4) is 5.88 Å². The summed E-state index contributed by atoms with van der Waals surface area (Å²) in [6.07, 6.45) is 0.778. The van der Waals surface area contributed by atoms with E-state index in [1.54, 1.807) is 6.07 Å². The summed E-state index contributed by atoms with van der Waals surface area (Å²) < 4.78 is 6.35. The van der Waals surface area contributed by atoms with E-state index in [0.29, 0.717) is 12.5 Å².